The Bertz CT molecular complexity index is 624. The highest BCUT2D eigenvalue weighted by Gasteiger charge is 2.23. The van der Waals surface area contributed by atoms with E-state index >= 15 is 0 Å². The average molecular weight is 284 g/mol. The van der Waals surface area contributed by atoms with Gasteiger partial charge in [0.25, 0.3) is 5.91 Å². The van der Waals surface area contributed by atoms with E-state index in [4.69, 9.17) is 5.73 Å². The Morgan fingerprint density at radius 3 is 2.52 bits per heavy atom. The molecule has 1 aliphatic heterocycles. The summed E-state index contributed by atoms with van der Waals surface area (Å²) in [5, 5.41) is 7.43. The molecule has 21 heavy (non-hydrogen) atoms. The second-order valence-corrected chi connectivity index (χ2v) is 4.84. The van der Waals surface area contributed by atoms with Crippen molar-refractivity contribution >= 4 is 17.3 Å². The number of carbonyl (C=O) groups excluding carboxylic acids is 1. The van der Waals surface area contributed by atoms with E-state index in [9.17, 15) is 4.79 Å². The lowest BCUT2D eigenvalue weighted by atomic mass is 10.2. The van der Waals surface area contributed by atoms with Crippen LogP contribution in [0, 0.1) is 0 Å². The molecule has 0 aliphatic carbocycles. The number of pyridine rings is 1. The van der Waals surface area contributed by atoms with Crippen LogP contribution in [0.15, 0.2) is 36.9 Å². The van der Waals surface area contributed by atoms with Gasteiger partial charge in [-0.1, -0.05) is 0 Å². The van der Waals surface area contributed by atoms with Gasteiger partial charge in [0.15, 0.2) is 0 Å². The molecule has 0 atom stereocenters. The summed E-state index contributed by atoms with van der Waals surface area (Å²) >= 11 is 0. The molecule has 2 aromatic rings. The number of nitrogen functional groups attached to an aromatic ring is 1. The van der Waals surface area contributed by atoms with Crippen LogP contribution < -0.4 is 10.6 Å². The number of piperazine rings is 1. The highest BCUT2D eigenvalue weighted by molar-refractivity contribution is 5.94. The summed E-state index contributed by atoms with van der Waals surface area (Å²) in [5.41, 5.74) is 8.15. The molecule has 1 saturated heterocycles. The Morgan fingerprint density at radius 1 is 1.05 bits per heavy atom. The van der Waals surface area contributed by atoms with E-state index in [0.29, 0.717) is 24.3 Å². The van der Waals surface area contributed by atoms with Crippen molar-refractivity contribution in [2.24, 2.45) is 0 Å². The number of anilines is 2. The van der Waals surface area contributed by atoms with E-state index in [2.05, 4.69) is 20.1 Å². The molecule has 108 valence electrons. The summed E-state index contributed by atoms with van der Waals surface area (Å²) in [6.45, 7) is 2.81. The number of hydrogen-bond donors (Lipinski definition) is 1. The molecular weight excluding hydrogens is 268 g/mol. The number of rotatable bonds is 2. The molecule has 0 unspecified atom stereocenters. The SMILES string of the molecule is Nc1cnccc1N1CCN(C(=O)c2ccnnc2)CC1. The van der Waals surface area contributed by atoms with Crippen LogP contribution in [0.3, 0.4) is 0 Å². The van der Waals surface area contributed by atoms with Crippen molar-refractivity contribution < 1.29 is 4.79 Å². The van der Waals surface area contributed by atoms with Gasteiger partial charge in [-0.3, -0.25) is 9.78 Å². The first-order chi connectivity index (χ1) is 10.3. The first kappa shape index (κ1) is 13.3. The van der Waals surface area contributed by atoms with Crippen molar-refractivity contribution in [3.63, 3.8) is 0 Å². The lowest BCUT2D eigenvalue weighted by molar-refractivity contribution is 0.0746. The Labute approximate surface area is 122 Å². The molecule has 2 aromatic heterocycles. The van der Waals surface area contributed by atoms with Crippen molar-refractivity contribution in [1.82, 2.24) is 20.1 Å². The van der Waals surface area contributed by atoms with Crippen LogP contribution in [0.25, 0.3) is 0 Å². The summed E-state index contributed by atoms with van der Waals surface area (Å²) in [5.74, 6) is -0.00718. The molecule has 1 fully saturated rings. The zero-order valence-corrected chi connectivity index (χ0v) is 11.5. The van der Waals surface area contributed by atoms with Gasteiger partial charge in [0.1, 0.15) is 0 Å². The summed E-state index contributed by atoms with van der Waals surface area (Å²) < 4.78 is 0. The van der Waals surface area contributed by atoms with Crippen LogP contribution in [-0.4, -0.2) is 52.2 Å². The summed E-state index contributed by atoms with van der Waals surface area (Å²) in [6.07, 6.45) is 6.40. The standard InChI is InChI=1S/C14H16N6O/c15-12-10-16-3-2-13(12)19-5-7-20(8-6-19)14(21)11-1-4-17-18-9-11/h1-4,9-10H,5-8,15H2. The normalized spacial score (nSPS) is 15.0. The predicted molar refractivity (Wildman–Crippen MR) is 78.8 cm³/mol. The zero-order valence-electron chi connectivity index (χ0n) is 11.5. The van der Waals surface area contributed by atoms with E-state index in [1.54, 1.807) is 18.5 Å². The van der Waals surface area contributed by atoms with Gasteiger partial charge in [-0.15, -0.1) is 0 Å². The van der Waals surface area contributed by atoms with Crippen molar-refractivity contribution in [3.8, 4) is 0 Å². The van der Waals surface area contributed by atoms with Crippen molar-refractivity contribution in [1.29, 1.82) is 0 Å². The van der Waals surface area contributed by atoms with Gasteiger partial charge in [0, 0.05) is 32.4 Å². The van der Waals surface area contributed by atoms with Crippen LogP contribution >= 0.6 is 0 Å². The summed E-state index contributed by atoms with van der Waals surface area (Å²) in [7, 11) is 0. The van der Waals surface area contributed by atoms with Crippen LogP contribution in [0.5, 0.6) is 0 Å². The molecular formula is C14H16N6O. The van der Waals surface area contributed by atoms with Crippen LogP contribution in [0.1, 0.15) is 10.4 Å². The van der Waals surface area contributed by atoms with E-state index in [-0.39, 0.29) is 5.91 Å². The first-order valence-electron chi connectivity index (χ1n) is 6.76. The number of aromatic nitrogens is 3. The largest absolute Gasteiger partial charge is 0.396 e. The minimum absolute atomic E-state index is 0.00718. The molecule has 1 amide bonds. The Kier molecular flexibility index (Phi) is 3.63. The van der Waals surface area contributed by atoms with Crippen molar-refractivity contribution in [3.05, 3.63) is 42.5 Å². The fourth-order valence-corrected chi connectivity index (χ4v) is 2.44. The van der Waals surface area contributed by atoms with Crippen molar-refractivity contribution in [2.75, 3.05) is 36.8 Å². The second kappa shape index (κ2) is 5.74. The molecule has 0 spiro atoms. The summed E-state index contributed by atoms with van der Waals surface area (Å²) in [4.78, 5) is 20.3. The van der Waals surface area contributed by atoms with Crippen LogP contribution in [0.4, 0.5) is 11.4 Å². The maximum atomic E-state index is 12.3. The van der Waals surface area contributed by atoms with Gasteiger partial charge in [-0.05, 0) is 12.1 Å². The maximum Gasteiger partial charge on any atom is 0.255 e. The van der Waals surface area contributed by atoms with Gasteiger partial charge in [0.2, 0.25) is 0 Å². The molecule has 3 heterocycles. The van der Waals surface area contributed by atoms with Gasteiger partial charge in [0.05, 0.1) is 35.5 Å². The number of hydrogen-bond acceptors (Lipinski definition) is 6. The molecule has 7 nitrogen and oxygen atoms in total. The number of carbonyl (C=O) groups is 1. The minimum atomic E-state index is -0.00718. The molecule has 0 bridgehead atoms. The lowest BCUT2D eigenvalue weighted by Crippen LogP contribution is -2.49. The first-order valence-corrected chi connectivity index (χ1v) is 6.76. The van der Waals surface area contributed by atoms with Gasteiger partial charge >= 0.3 is 0 Å². The number of amides is 1. The van der Waals surface area contributed by atoms with E-state index in [0.717, 1.165) is 18.8 Å². The molecule has 3 rings (SSSR count). The molecule has 1 aliphatic rings. The van der Waals surface area contributed by atoms with E-state index in [1.807, 2.05) is 11.0 Å². The number of nitrogens with zero attached hydrogens (tertiary/aromatic N) is 5. The lowest BCUT2D eigenvalue weighted by Gasteiger charge is -2.36. The van der Waals surface area contributed by atoms with E-state index in [1.165, 1.54) is 12.4 Å². The predicted octanol–water partition coefficient (Wildman–Crippen LogP) is 0.416. The average Bonchev–Trinajstić information content (AvgIpc) is 2.56. The quantitative estimate of drug-likeness (QED) is 0.859. The highest BCUT2D eigenvalue weighted by atomic mass is 16.2. The van der Waals surface area contributed by atoms with Gasteiger partial charge < -0.3 is 15.5 Å². The smallest absolute Gasteiger partial charge is 0.255 e. The monoisotopic (exact) mass is 284 g/mol. The molecule has 2 N–H and O–H groups in total. The molecule has 7 heteroatoms. The van der Waals surface area contributed by atoms with Crippen LogP contribution in [0.2, 0.25) is 0 Å². The Balaban J connectivity index is 1.66. The Morgan fingerprint density at radius 2 is 1.86 bits per heavy atom. The molecule has 0 saturated carbocycles. The molecule has 0 aromatic carbocycles. The fraction of sp³-hybridized carbons (Fsp3) is 0.286. The molecule has 0 radical (unpaired) electrons. The number of nitrogens with two attached hydrogens (primary N) is 1. The summed E-state index contributed by atoms with van der Waals surface area (Å²) in [6, 6.07) is 3.59. The third-order valence-corrected chi connectivity index (χ3v) is 3.57. The highest BCUT2D eigenvalue weighted by Crippen LogP contribution is 2.22. The minimum Gasteiger partial charge on any atom is -0.396 e. The van der Waals surface area contributed by atoms with Gasteiger partial charge in [-0.2, -0.15) is 10.2 Å². The third kappa shape index (κ3) is 2.76. The van der Waals surface area contributed by atoms with Crippen LogP contribution in [-0.2, 0) is 0 Å². The second-order valence-electron chi connectivity index (χ2n) is 4.84. The zero-order chi connectivity index (χ0) is 14.7. The Hall–Kier alpha value is -2.70. The van der Waals surface area contributed by atoms with Crippen molar-refractivity contribution in [2.45, 2.75) is 0 Å². The topological polar surface area (TPSA) is 88.2 Å². The van der Waals surface area contributed by atoms with E-state index < -0.39 is 0 Å². The maximum absolute atomic E-state index is 12.3. The fourth-order valence-electron chi connectivity index (χ4n) is 2.44. The third-order valence-electron chi connectivity index (χ3n) is 3.57. The van der Waals surface area contributed by atoms with Gasteiger partial charge in [-0.25, -0.2) is 0 Å².